The maximum atomic E-state index is 11.5. The summed E-state index contributed by atoms with van der Waals surface area (Å²) in [4.78, 5) is 11.8. The summed E-state index contributed by atoms with van der Waals surface area (Å²) in [7, 11) is 0. The molecule has 3 N–H and O–H groups in total. The quantitative estimate of drug-likeness (QED) is 0.758. The summed E-state index contributed by atoms with van der Waals surface area (Å²) < 4.78 is 5.43. The fourth-order valence-corrected chi connectivity index (χ4v) is 1.74. The van der Waals surface area contributed by atoms with E-state index in [2.05, 4.69) is 5.32 Å². The van der Waals surface area contributed by atoms with Gasteiger partial charge in [-0.05, 0) is 30.9 Å². The smallest absolute Gasteiger partial charge is 0.257 e. The van der Waals surface area contributed by atoms with Gasteiger partial charge in [0.05, 0.1) is 5.56 Å². The van der Waals surface area contributed by atoms with Gasteiger partial charge in [-0.15, -0.1) is 0 Å². The Labute approximate surface area is 112 Å². The second-order valence-corrected chi connectivity index (χ2v) is 4.84. The lowest BCUT2D eigenvalue weighted by Gasteiger charge is -2.10. The summed E-state index contributed by atoms with van der Waals surface area (Å²) in [5.41, 5.74) is 6.23. The predicted octanol–water partition coefficient (Wildman–Crippen LogP) is 1.23. The Balaban J connectivity index is 1.84. The van der Waals surface area contributed by atoms with Gasteiger partial charge in [0.2, 0.25) is 0 Å². The molecule has 96 valence electrons. The Morgan fingerprint density at radius 3 is 2.83 bits per heavy atom. The highest BCUT2D eigenvalue weighted by Crippen LogP contribution is 2.27. The molecule has 1 aliphatic carbocycles. The molecule has 1 aromatic carbocycles. The molecule has 0 aliphatic heterocycles. The number of nitrogens with one attached hydrogen (secondary N) is 1. The van der Waals surface area contributed by atoms with Crippen molar-refractivity contribution in [1.82, 2.24) is 5.32 Å². The molecule has 1 amide bonds. The minimum absolute atomic E-state index is 0.00759. The maximum Gasteiger partial charge on any atom is 0.257 e. The van der Waals surface area contributed by atoms with Crippen LogP contribution in [-0.2, 0) is 4.79 Å². The van der Waals surface area contributed by atoms with Gasteiger partial charge in [0.25, 0.3) is 5.91 Å². The van der Waals surface area contributed by atoms with E-state index in [9.17, 15) is 4.79 Å². The second kappa shape index (κ2) is 5.82. The topological polar surface area (TPSA) is 64.3 Å². The monoisotopic (exact) mass is 264 g/mol. The van der Waals surface area contributed by atoms with Crippen LogP contribution in [0.5, 0.6) is 5.75 Å². The summed E-state index contributed by atoms with van der Waals surface area (Å²) in [6, 6.07) is 7.18. The molecular formula is C13H16N2O2S. The molecule has 0 aromatic heterocycles. The zero-order valence-corrected chi connectivity index (χ0v) is 10.8. The normalized spacial score (nSPS) is 14.0. The number of ether oxygens (including phenoxy) is 1. The first-order chi connectivity index (χ1) is 8.66. The van der Waals surface area contributed by atoms with Crippen LogP contribution in [0.3, 0.4) is 0 Å². The summed E-state index contributed by atoms with van der Waals surface area (Å²) >= 11 is 4.92. The number of carbonyl (C=O) groups excluding carboxylic acids is 1. The number of carbonyl (C=O) groups is 1. The molecule has 0 heterocycles. The van der Waals surface area contributed by atoms with E-state index in [-0.39, 0.29) is 17.5 Å². The first kappa shape index (κ1) is 12.8. The second-order valence-electron chi connectivity index (χ2n) is 4.40. The van der Waals surface area contributed by atoms with Crippen molar-refractivity contribution in [3.63, 3.8) is 0 Å². The van der Waals surface area contributed by atoms with Crippen LogP contribution in [-0.4, -0.2) is 24.0 Å². The first-order valence-corrected chi connectivity index (χ1v) is 6.36. The van der Waals surface area contributed by atoms with Gasteiger partial charge >= 0.3 is 0 Å². The lowest BCUT2D eigenvalue weighted by molar-refractivity contribution is -0.123. The number of hydrogen-bond donors (Lipinski definition) is 2. The van der Waals surface area contributed by atoms with Crippen molar-refractivity contribution >= 4 is 23.1 Å². The van der Waals surface area contributed by atoms with E-state index in [0.29, 0.717) is 17.2 Å². The third kappa shape index (κ3) is 3.70. The zero-order chi connectivity index (χ0) is 13.0. The van der Waals surface area contributed by atoms with E-state index >= 15 is 0 Å². The number of hydrogen-bond acceptors (Lipinski definition) is 3. The SMILES string of the molecule is NC(=S)c1ccccc1OCC(=O)NCC1CC1. The van der Waals surface area contributed by atoms with Gasteiger partial charge in [0, 0.05) is 6.54 Å². The summed E-state index contributed by atoms with van der Waals surface area (Å²) in [6.07, 6.45) is 2.43. The zero-order valence-electron chi connectivity index (χ0n) is 10.0. The summed E-state index contributed by atoms with van der Waals surface area (Å²) in [6.45, 7) is 0.742. The summed E-state index contributed by atoms with van der Waals surface area (Å²) in [5, 5.41) is 2.84. The average molecular weight is 264 g/mol. The molecule has 0 radical (unpaired) electrons. The van der Waals surface area contributed by atoms with E-state index in [4.69, 9.17) is 22.7 Å². The van der Waals surface area contributed by atoms with Crippen LogP contribution in [0.2, 0.25) is 0 Å². The molecule has 0 spiro atoms. The van der Waals surface area contributed by atoms with Gasteiger partial charge in [-0.3, -0.25) is 4.79 Å². The lowest BCUT2D eigenvalue weighted by atomic mass is 10.2. The van der Waals surface area contributed by atoms with Gasteiger partial charge in [0.15, 0.2) is 6.61 Å². The minimum Gasteiger partial charge on any atom is -0.483 e. The van der Waals surface area contributed by atoms with E-state index in [1.165, 1.54) is 12.8 Å². The molecule has 2 rings (SSSR count). The van der Waals surface area contributed by atoms with E-state index in [1.54, 1.807) is 12.1 Å². The van der Waals surface area contributed by atoms with E-state index < -0.39 is 0 Å². The lowest BCUT2D eigenvalue weighted by Crippen LogP contribution is -2.30. The third-order valence-corrected chi connectivity index (χ3v) is 3.02. The molecule has 1 aromatic rings. The van der Waals surface area contributed by atoms with Crippen molar-refractivity contribution in [2.24, 2.45) is 11.7 Å². The number of thiocarbonyl (C=S) groups is 1. The van der Waals surface area contributed by atoms with Crippen molar-refractivity contribution in [3.05, 3.63) is 29.8 Å². The van der Waals surface area contributed by atoms with Crippen molar-refractivity contribution in [1.29, 1.82) is 0 Å². The Bertz CT molecular complexity index is 458. The Kier molecular flexibility index (Phi) is 4.15. The molecule has 18 heavy (non-hydrogen) atoms. The van der Waals surface area contributed by atoms with Gasteiger partial charge in [-0.25, -0.2) is 0 Å². The number of amides is 1. The van der Waals surface area contributed by atoms with Crippen LogP contribution < -0.4 is 15.8 Å². The first-order valence-electron chi connectivity index (χ1n) is 5.95. The van der Waals surface area contributed by atoms with Crippen molar-refractivity contribution < 1.29 is 9.53 Å². The fourth-order valence-electron chi connectivity index (χ4n) is 1.57. The Morgan fingerprint density at radius 1 is 1.44 bits per heavy atom. The molecule has 1 fully saturated rings. The number of rotatable bonds is 6. The highest BCUT2D eigenvalue weighted by molar-refractivity contribution is 7.80. The van der Waals surface area contributed by atoms with E-state index in [0.717, 1.165) is 6.54 Å². The number of nitrogens with two attached hydrogens (primary N) is 1. The highest BCUT2D eigenvalue weighted by atomic mass is 32.1. The molecule has 0 atom stereocenters. The molecule has 0 unspecified atom stereocenters. The van der Waals surface area contributed by atoms with Crippen molar-refractivity contribution in [2.75, 3.05) is 13.2 Å². The average Bonchev–Trinajstić information content (AvgIpc) is 3.18. The van der Waals surface area contributed by atoms with Crippen molar-refractivity contribution in [3.8, 4) is 5.75 Å². The van der Waals surface area contributed by atoms with Crippen LogP contribution in [0.1, 0.15) is 18.4 Å². The van der Waals surface area contributed by atoms with Gasteiger partial charge in [0.1, 0.15) is 10.7 Å². The highest BCUT2D eigenvalue weighted by Gasteiger charge is 2.21. The van der Waals surface area contributed by atoms with Crippen LogP contribution in [0, 0.1) is 5.92 Å². The van der Waals surface area contributed by atoms with Gasteiger partial charge < -0.3 is 15.8 Å². The van der Waals surface area contributed by atoms with Crippen LogP contribution in [0.4, 0.5) is 0 Å². The molecular weight excluding hydrogens is 248 g/mol. The van der Waals surface area contributed by atoms with Crippen LogP contribution in [0.25, 0.3) is 0 Å². The van der Waals surface area contributed by atoms with Gasteiger partial charge in [-0.2, -0.15) is 0 Å². The van der Waals surface area contributed by atoms with Crippen molar-refractivity contribution in [2.45, 2.75) is 12.8 Å². The van der Waals surface area contributed by atoms with E-state index in [1.807, 2.05) is 12.1 Å². The van der Waals surface area contributed by atoms with Gasteiger partial charge in [-0.1, -0.05) is 24.4 Å². The Morgan fingerprint density at radius 2 is 2.17 bits per heavy atom. The van der Waals surface area contributed by atoms with Crippen LogP contribution >= 0.6 is 12.2 Å². The maximum absolute atomic E-state index is 11.5. The largest absolute Gasteiger partial charge is 0.483 e. The molecule has 1 saturated carbocycles. The summed E-state index contributed by atoms with van der Waals surface area (Å²) in [5.74, 6) is 1.10. The molecule has 0 saturated heterocycles. The number of benzene rings is 1. The number of para-hydroxylation sites is 1. The Hall–Kier alpha value is -1.62. The third-order valence-electron chi connectivity index (χ3n) is 2.80. The predicted molar refractivity (Wildman–Crippen MR) is 73.6 cm³/mol. The molecule has 5 heteroatoms. The minimum atomic E-state index is -0.111. The molecule has 1 aliphatic rings. The van der Waals surface area contributed by atoms with Crippen LogP contribution in [0.15, 0.2) is 24.3 Å². The fraction of sp³-hybridized carbons (Fsp3) is 0.385. The molecule has 4 nitrogen and oxygen atoms in total. The molecule has 0 bridgehead atoms. The standard InChI is InChI=1S/C13H16N2O2S/c14-13(18)10-3-1-2-4-11(10)17-8-12(16)15-7-9-5-6-9/h1-4,9H,5-8H2,(H2,14,18)(H,15,16).